The number of amides is 3. The molecule has 0 aromatic heterocycles. The smallest absolute Gasteiger partial charge is 0.253 e. The quantitative estimate of drug-likeness (QED) is 0.248. The van der Waals surface area contributed by atoms with Crippen molar-refractivity contribution >= 4 is 35.0 Å². The molecule has 0 saturated carbocycles. The van der Waals surface area contributed by atoms with Crippen molar-refractivity contribution in [2.75, 3.05) is 24.6 Å². The van der Waals surface area contributed by atoms with Crippen LogP contribution in [0.2, 0.25) is 5.02 Å². The minimum absolute atomic E-state index is 0.140. The predicted molar refractivity (Wildman–Crippen MR) is 186 cm³/mol. The molecule has 2 bridgehead atoms. The standard InChI is InChI=1S/C39H42ClN3O5/c1-4-21-41(24-28-16-10-7-11-17-28)36(45)32-31-19-20-39(48-31)33(32)37(46)43(29(25-44)23-27-14-8-6-9-15-27)35(39)38(47)42(22-5-2)34-26(3)13-12-18-30(34)40/h4-18,29,31-33,35,44H,1-2,19-25H2,3H3/t29-,31-,32+,33+,35?,39?/m1/s1. The fourth-order valence-corrected chi connectivity index (χ4v) is 8.44. The summed E-state index contributed by atoms with van der Waals surface area (Å²) >= 11 is 6.72. The zero-order valence-electron chi connectivity index (χ0n) is 27.2. The van der Waals surface area contributed by atoms with Crippen LogP contribution in [0.3, 0.4) is 0 Å². The lowest BCUT2D eigenvalue weighted by Gasteiger charge is -2.39. The lowest BCUT2D eigenvalue weighted by Crippen LogP contribution is -2.59. The first-order valence-electron chi connectivity index (χ1n) is 16.5. The minimum Gasteiger partial charge on any atom is -0.394 e. The maximum atomic E-state index is 15.1. The third kappa shape index (κ3) is 5.87. The molecule has 3 amide bonds. The van der Waals surface area contributed by atoms with Gasteiger partial charge >= 0.3 is 0 Å². The number of likely N-dealkylation sites (tertiary alicyclic amines) is 1. The van der Waals surface area contributed by atoms with Crippen molar-refractivity contribution in [3.63, 3.8) is 0 Å². The molecule has 1 spiro atoms. The second kappa shape index (κ2) is 14.1. The van der Waals surface area contributed by atoms with E-state index in [-0.39, 0.29) is 30.9 Å². The Bertz CT molecular complexity index is 1660. The van der Waals surface area contributed by atoms with Crippen LogP contribution in [-0.4, -0.2) is 76.1 Å². The number of para-hydroxylation sites is 1. The Morgan fingerprint density at radius 3 is 2.29 bits per heavy atom. The first-order chi connectivity index (χ1) is 23.2. The molecule has 1 N–H and O–H groups in total. The fraction of sp³-hybridized carbons (Fsp3) is 0.359. The van der Waals surface area contributed by atoms with Gasteiger partial charge in [-0.3, -0.25) is 14.4 Å². The maximum Gasteiger partial charge on any atom is 0.253 e. The summed E-state index contributed by atoms with van der Waals surface area (Å²) < 4.78 is 6.78. The molecular weight excluding hydrogens is 626 g/mol. The Morgan fingerprint density at radius 2 is 1.67 bits per heavy atom. The van der Waals surface area contributed by atoms with Crippen molar-refractivity contribution in [2.24, 2.45) is 11.8 Å². The number of anilines is 1. The summed E-state index contributed by atoms with van der Waals surface area (Å²) in [5, 5.41) is 11.2. The summed E-state index contributed by atoms with van der Waals surface area (Å²) in [6.45, 7) is 10.1. The van der Waals surface area contributed by atoms with Crippen molar-refractivity contribution in [3.05, 3.63) is 126 Å². The van der Waals surface area contributed by atoms with E-state index in [9.17, 15) is 14.7 Å². The SMILES string of the molecule is C=CCN(Cc1ccccc1)C(=O)[C@@H]1[C@H]2C(=O)N([C@@H](CO)Cc3ccccc3)C(C(=O)N(CC=C)c3c(C)cccc3Cl)C23CC[C@H]1O3. The van der Waals surface area contributed by atoms with Gasteiger partial charge in [0.15, 0.2) is 0 Å². The summed E-state index contributed by atoms with van der Waals surface area (Å²) in [5.74, 6) is -2.62. The number of aliphatic hydroxyl groups is 1. The van der Waals surface area contributed by atoms with Crippen LogP contribution in [0.25, 0.3) is 0 Å². The highest BCUT2D eigenvalue weighted by Gasteiger charge is 2.75. The van der Waals surface area contributed by atoms with E-state index < -0.39 is 35.6 Å². The van der Waals surface area contributed by atoms with E-state index in [1.54, 1.807) is 28.0 Å². The number of nitrogens with zero attached hydrogens (tertiary/aromatic N) is 3. The van der Waals surface area contributed by atoms with Crippen molar-refractivity contribution in [1.82, 2.24) is 9.80 Å². The number of carbonyl (C=O) groups excluding carboxylic acids is 3. The van der Waals surface area contributed by atoms with Crippen molar-refractivity contribution < 1.29 is 24.2 Å². The van der Waals surface area contributed by atoms with Crippen LogP contribution in [0.5, 0.6) is 0 Å². The summed E-state index contributed by atoms with van der Waals surface area (Å²) in [6, 6.07) is 22.8. The molecule has 6 rings (SSSR count). The van der Waals surface area contributed by atoms with Gasteiger partial charge in [0.1, 0.15) is 11.6 Å². The van der Waals surface area contributed by atoms with Crippen LogP contribution < -0.4 is 4.90 Å². The molecule has 3 aliphatic rings. The Kier molecular flexibility index (Phi) is 9.88. The van der Waals surface area contributed by atoms with E-state index in [2.05, 4.69) is 13.2 Å². The molecule has 6 atom stereocenters. The highest BCUT2D eigenvalue weighted by Crippen LogP contribution is 2.59. The zero-order valence-corrected chi connectivity index (χ0v) is 28.0. The summed E-state index contributed by atoms with van der Waals surface area (Å²) in [5.41, 5.74) is 1.92. The number of fused-ring (bicyclic) bond motifs is 1. The van der Waals surface area contributed by atoms with Gasteiger partial charge in [-0.2, -0.15) is 0 Å². The number of aryl methyl sites for hydroxylation is 1. The molecule has 9 heteroatoms. The molecule has 2 unspecified atom stereocenters. The Labute approximate surface area is 287 Å². The molecule has 8 nitrogen and oxygen atoms in total. The van der Waals surface area contributed by atoms with Gasteiger partial charge in [-0.25, -0.2) is 0 Å². The normalized spacial score (nSPS) is 24.6. The van der Waals surface area contributed by atoms with Gasteiger partial charge in [-0.05, 0) is 48.9 Å². The molecule has 48 heavy (non-hydrogen) atoms. The Hall–Kier alpha value is -4.24. The van der Waals surface area contributed by atoms with E-state index in [1.807, 2.05) is 79.7 Å². The first kappa shape index (κ1) is 33.7. The molecule has 250 valence electrons. The van der Waals surface area contributed by atoms with Crippen molar-refractivity contribution in [2.45, 2.75) is 56.5 Å². The number of carbonyl (C=O) groups is 3. The van der Waals surface area contributed by atoms with Crippen LogP contribution in [0.4, 0.5) is 5.69 Å². The Balaban J connectivity index is 1.44. The number of rotatable bonds is 13. The van der Waals surface area contributed by atoms with Crippen molar-refractivity contribution in [3.8, 4) is 0 Å². The molecular formula is C39H42ClN3O5. The third-order valence-corrected chi connectivity index (χ3v) is 10.4. The van der Waals surface area contributed by atoms with Crippen LogP contribution >= 0.6 is 11.6 Å². The van der Waals surface area contributed by atoms with Crippen molar-refractivity contribution in [1.29, 1.82) is 0 Å². The number of ether oxygens (including phenoxy) is 1. The fourth-order valence-electron chi connectivity index (χ4n) is 8.12. The van der Waals surface area contributed by atoms with E-state index in [4.69, 9.17) is 16.3 Å². The van der Waals surface area contributed by atoms with Crippen LogP contribution in [0.1, 0.15) is 29.5 Å². The van der Waals surface area contributed by atoms with Gasteiger partial charge in [-0.1, -0.05) is 96.5 Å². The van der Waals surface area contributed by atoms with Gasteiger partial charge < -0.3 is 24.5 Å². The van der Waals surface area contributed by atoms with Gasteiger partial charge in [0.25, 0.3) is 5.91 Å². The highest BCUT2D eigenvalue weighted by atomic mass is 35.5. The van der Waals surface area contributed by atoms with Crippen LogP contribution in [-0.2, 0) is 32.1 Å². The number of hydrogen-bond acceptors (Lipinski definition) is 5. The summed E-state index contributed by atoms with van der Waals surface area (Å²) in [4.78, 5) is 49.3. The molecule has 3 aromatic rings. The Morgan fingerprint density at radius 1 is 1.00 bits per heavy atom. The van der Waals surface area contributed by atoms with Gasteiger partial charge in [-0.15, -0.1) is 13.2 Å². The summed E-state index contributed by atoms with van der Waals surface area (Å²) in [6.07, 6.45) is 4.06. The second-order valence-corrected chi connectivity index (χ2v) is 13.4. The lowest BCUT2D eigenvalue weighted by atomic mass is 9.70. The molecule has 3 heterocycles. The first-order valence-corrected chi connectivity index (χ1v) is 16.9. The van der Waals surface area contributed by atoms with E-state index in [0.29, 0.717) is 43.1 Å². The molecule has 3 aliphatic heterocycles. The van der Waals surface area contributed by atoms with E-state index >= 15 is 4.79 Å². The van der Waals surface area contributed by atoms with Gasteiger partial charge in [0, 0.05) is 19.6 Å². The number of halogens is 1. The molecule has 3 fully saturated rings. The molecule has 3 aromatic carbocycles. The average Bonchev–Trinajstić information content (AvgIpc) is 3.74. The average molecular weight is 668 g/mol. The van der Waals surface area contributed by atoms with E-state index in [1.165, 1.54) is 4.90 Å². The monoisotopic (exact) mass is 667 g/mol. The minimum atomic E-state index is -1.26. The number of benzene rings is 3. The summed E-state index contributed by atoms with van der Waals surface area (Å²) in [7, 11) is 0. The third-order valence-electron chi connectivity index (χ3n) is 10.1. The van der Waals surface area contributed by atoms with Crippen LogP contribution in [0, 0.1) is 18.8 Å². The van der Waals surface area contributed by atoms with Crippen LogP contribution in [0.15, 0.2) is 104 Å². The largest absolute Gasteiger partial charge is 0.394 e. The zero-order chi connectivity index (χ0) is 34.0. The molecule has 0 aliphatic carbocycles. The molecule has 0 radical (unpaired) electrons. The predicted octanol–water partition coefficient (Wildman–Crippen LogP) is 5.36. The van der Waals surface area contributed by atoms with Gasteiger partial charge in [0.05, 0.1) is 41.3 Å². The van der Waals surface area contributed by atoms with E-state index in [0.717, 1.165) is 16.7 Å². The van der Waals surface area contributed by atoms with Gasteiger partial charge in [0.2, 0.25) is 11.8 Å². The highest BCUT2D eigenvalue weighted by molar-refractivity contribution is 6.34. The molecule has 3 saturated heterocycles. The maximum absolute atomic E-state index is 15.1. The number of aliphatic hydroxyl groups excluding tert-OH is 1. The topological polar surface area (TPSA) is 90.4 Å². The second-order valence-electron chi connectivity index (χ2n) is 13.0. The lowest BCUT2D eigenvalue weighted by molar-refractivity contribution is -0.147. The number of hydrogen-bond donors (Lipinski definition) is 1.